The minimum atomic E-state index is -0.258. The fraction of sp³-hybridized carbons (Fsp3) is 0.316. The maximum absolute atomic E-state index is 11.6. The molecule has 122 valence electrons. The number of hydrogen-bond acceptors (Lipinski definition) is 3. The van der Waals surface area contributed by atoms with Crippen LogP contribution in [-0.2, 0) is 11.4 Å². The number of ether oxygens (including phenoxy) is 2. The number of carbonyl (C=O) groups excluding carboxylic acids is 1. The molecule has 4 heteroatoms. The molecule has 0 aliphatic rings. The maximum Gasteiger partial charge on any atom is 0.310 e. The second kappa shape index (κ2) is 7.51. The first kappa shape index (κ1) is 17.4. The maximum atomic E-state index is 11.6. The van der Waals surface area contributed by atoms with Gasteiger partial charge in [-0.15, -0.1) is 0 Å². The monoisotopic (exact) mass is 332 g/mol. The van der Waals surface area contributed by atoms with Crippen molar-refractivity contribution in [2.45, 2.75) is 40.7 Å². The van der Waals surface area contributed by atoms with E-state index in [0.717, 1.165) is 28.0 Å². The molecule has 0 aliphatic carbocycles. The van der Waals surface area contributed by atoms with Crippen molar-refractivity contribution in [1.29, 1.82) is 0 Å². The van der Waals surface area contributed by atoms with Crippen LogP contribution in [0.4, 0.5) is 0 Å². The normalized spacial score (nSPS) is 10.5. The lowest BCUT2D eigenvalue weighted by Crippen LogP contribution is -2.09. The fourth-order valence-electron chi connectivity index (χ4n) is 2.26. The van der Waals surface area contributed by atoms with Crippen molar-refractivity contribution >= 4 is 17.6 Å². The highest BCUT2D eigenvalue weighted by Gasteiger charge is 2.12. The fourth-order valence-corrected chi connectivity index (χ4v) is 2.42. The molecule has 0 fully saturated rings. The number of rotatable bonds is 5. The molecular weight excluding hydrogens is 312 g/mol. The van der Waals surface area contributed by atoms with Crippen LogP contribution in [0.15, 0.2) is 30.3 Å². The van der Waals surface area contributed by atoms with E-state index in [9.17, 15) is 4.79 Å². The van der Waals surface area contributed by atoms with Gasteiger partial charge >= 0.3 is 5.97 Å². The third-order valence-electron chi connectivity index (χ3n) is 3.71. The Hall–Kier alpha value is -2.00. The van der Waals surface area contributed by atoms with Gasteiger partial charge in [0.25, 0.3) is 0 Å². The summed E-state index contributed by atoms with van der Waals surface area (Å²) >= 11 is 6.17. The van der Waals surface area contributed by atoms with Gasteiger partial charge in [0, 0.05) is 17.0 Å². The highest BCUT2D eigenvalue weighted by Crippen LogP contribution is 2.29. The highest BCUT2D eigenvalue weighted by atomic mass is 35.5. The standard InChI is InChI=1S/C19H21ClO3/c1-5-19(21)23-17-8-6-7-12(2)15(17)11-22-18-10-16(20)13(3)9-14(18)4/h6-10H,5,11H2,1-4H3. The van der Waals surface area contributed by atoms with Crippen molar-refractivity contribution in [3.63, 3.8) is 0 Å². The van der Waals surface area contributed by atoms with E-state index in [1.54, 1.807) is 13.0 Å². The van der Waals surface area contributed by atoms with Gasteiger partial charge in [0.2, 0.25) is 0 Å². The van der Waals surface area contributed by atoms with Crippen molar-refractivity contribution in [3.05, 3.63) is 57.6 Å². The highest BCUT2D eigenvalue weighted by molar-refractivity contribution is 6.31. The van der Waals surface area contributed by atoms with Crippen LogP contribution in [-0.4, -0.2) is 5.97 Å². The van der Waals surface area contributed by atoms with E-state index in [1.165, 1.54) is 0 Å². The molecular formula is C19H21ClO3. The van der Waals surface area contributed by atoms with Crippen molar-refractivity contribution in [3.8, 4) is 11.5 Å². The summed E-state index contributed by atoms with van der Waals surface area (Å²) in [7, 11) is 0. The summed E-state index contributed by atoms with van der Waals surface area (Å²) < 4.78 is 11.3. The summed E-state index contributed by atoms with van der Waals surface area (Å²) in [6.45, 7) is 8.00. The molecule has 2 rings (SSSR count). The molecule has 0 spiro atoms. The van der Waals surface area contributed by atoms with E-state index >= 15 is 0 Å². The topological polar surface area (TPSA) is 35.5 Å². The predicted octanol–water partition coefficient (Wildman–Crippen LogP) is 5.16. The summed E-state index contributed by atoms with van der Waals surface area (Å²) in [6.07, 6.45) is 0.334. The van der Waals surface area contributed by atoms with Crippen LogP contribution < -0.4 is 9.47 Å². The van der Waals surface area contributed by atoms with Crippen LogP contribution in [0.3, 0.4) is 0 Å². The lowest BCUT2D eigenvalue weighted by Gasteiger charge is -2.15. The van der Waals surface area contributed by atoms with Crippen LogP contribution in [0, 0.1) is 20.8 Å². The molecule has 0 aliphatic heterocycles. The van der Waals surface area contributed by atoms with Crippen LogP contribution >= 0.6 is 11.6 Å². The zero-order valence-corrected chi connectivity index (χ0v) is 14.7. The Labute approximate surface area is 142 Å². The average molecular weight is 333 g/mol. The minimum absolute atomic E-state index is 0.258. The molecule has 0 heterocycles. The Bertz CT molecular complexity index is 723. The van der Waals surface area contributed by atoms with Gasteiger partial charge in [0.15, 0.2) is 0 Å². The molecule has 23 heavy (non-hydrogen) atoms. The quantitative estimate of drug-likeness (QED) is 0.560. The van der Waals surface area contributed by atoms with Crippen molar-refractivity contribution in [2.24, 2.45) is 0 Å². The largest absolute Gasteiger partial charge is 0.488 e. The second-order valence-corrected chi connectivity index (χ2v) is 5.94. The average Bonchev–Trinajstić information content (AvgIpc) is 2.51. The SMILES string of the molecule is CCC(=O)Oc1cccc(C)c1COc1cc(Cl)c(C)cc1C. The van der Waals surface area contributed by atoms with E-state index in [2.05, 4.69) is 0 Å². The first-order valence-corrected chi connectivity index (χ1v) is 7.99. The van der Waals surface area contributed by atoms with E-state index < -0.39 is 0 Å². The lowest BCUT2D eigenvalue weighted by molar-refractivity contribution is -0.134. The lowest BCUT2D eigenvalue weighted by atomic mass is 10.1. The summed E-state index contributed by atoms with van der Waals surface area (Å²) in [5, 5.41) is 0.674. The first-order chi connectivity index (χ1) is 10.9. The van der Waals surface area contributed by atoms with Gasteiger partial charge in [-0.3, -0.25) is 4.79 Å². The molecule has 2 aromatic rings. The Morgan fingerprint density at radius 3 is 2.48 bits per heavy atom. The minimum Gasteiger partial charge on any atom is -0.488 e. The second-order valence-electron chi connectivity index (χ2n) is 5.53. The van der Waals surface area contributed by atoms with Gasteiger partial charge in [-0.1, -0.05) is 36.7 Å². The Kier molecular flexibility index (Phi) is 5.67. The van der Waals surface area contributed by atoms with Gasteiger partial charge in [-0.05, 0) is 49.6 Å². The number of carbonyl (C=O) groups is 1. The number of esters is 1. The first-order valence-electron chi connectivity index (χ1n) is 7.61. The van der Waals surface area contributed by atoms with Crippen LogP contribution in [0.5, 0.6) is 11.5 Å². The summed E-state index contributed by atoms with van der Waals surface area (Å²) in [5.41, 5.74) is 3.92. The summed E-state index contributed by atoms with van der Waals surface area (Å²) in [5.74, 6) is 1.02. The number of benzene rings is 2. The van der Waals surface area contributed by atoms with Crippen molar-refractivity contribution in [1.82, 2.24) is 0 Å². The summed E-state index contributed by atoms with van der Waals surface area (Å²) in [6, 6.07) is 9.44. The third-order valence-corrected chi connectivity index (χ3v) is 4.12. The molecule has 0 N–H and O–H groups in total. The van der Waals surface area contributed by atoms with E-state index in [4.69, 9.17) is 21.1 Å². The number of halogens is 1. The van der Waals surface area contributed by atoms with E-state index in [-0.39, 0.29) is 5.97 Å². The molecule has 0 radical (unpaired) electrons. The third kappa shape index (κ3) is 4.26. The molecule has 0 bridgehead atoms. The Balaban J connectivity index is 2.23. The smallest absolute Gasteiger partial charge is 0.310 e. The van der Waals surface area contributed by atoms with Gasteiger partial charge < -0.3 is 9.47 Å². The van der Waals surface area contributed by atoms with Crippen LogP contribution in [0.1, 0.15) is 35.6 Å². The number of hydrogen-bond donors (Lipinski definition) is 0. The van der Waals surface area contributed by atoms with Crippen molar-refractivity contribution < 1.29 is 14.3 Å². The molecule has 0 unspecified atom stereocenters. The Morgan fingerprint density at radius 1 is 1.04 bits per heavy atom. The molecule has 0 saturated heterocycles. The molecule has 3 nitrogen and oxygen atoms in total. The van der Waals surface area contributed by atoms with E-state index in [1.807, 2.05) is 45.0 Å². The molecule has 2 aromatic carbocycles. The zero-order chi connectivity index (χ0) is 17.0. The van der Waals surface area contributed by atoms with Crippen LogP contribution in [0.25, 0.3) is 0 Å². The van der Waals surface area contributed by atoms with Gasteiger partial charge in [-0.2, -0.15) is 0 Å². The molecule has 0 amide bonds. The molecule has 0 saturated carbocycles. The number of aryl methyl sites for hydroxylation is 3. The van der Waals surface area contributed by atoms with Gasteiger partial charge in [-0.25, -0.2) is 0 Å². The summed E-state index contributed by atoms with van der Waals surface area (Å²) in [4.78, 5) is 11.6. The predicted molar refractivity (Wildman–Crippen MR) is 92.4 cm³/mol. The van der Waals surface area contributed by atoms with Crippen LogP contribution in [0.2, 0.25) is 5.02 Å². The molecule has 0 aromatic heterocycles. The van der Waals surface area contributed by atoms with Gasteiger partial charge in [0.1, 0.15) is 18.1 Å². The van der Waals surface area contributed by atoms with E-state index in [0.29, 0.717) is 23.8 Å². The molecule has 0 atom stereocenters. The zero-order valence-electron chi connectivity index (χ0n) is 13.9. The Morgan fingerprint density at radius 2 is 1.78 bits per heavy atom. The van der Waals surface area contributed by atoms with Gasteiger partial charge in [0.05, 0.1) is 0 Å². The van der Waals surface area contributed by atoms with Crippen molar-refractivity contribution in [2.75, 3.05) is 0 Å².